The molecule has 2 rings (SSSR count). The summed E-state index contributed by atoms with van der Waals surface area (Å²) in [6.07, 6.45) is 5.82. The van der Waals surface area contributed by atoms with E-state index in [1.54, 1.807) is 12.1 Å². The number of aryl methyl sites for hydroxylation is 1. The van der Waals surface area contributed by atoms with Gasteiger partial charge in [0.15, 0.2) is 0 Å². The second-order valence-electron chi connectivity index (χ2n) is 7.71. The Kier molecular flexibility index (Phi) is 11.5. The van der Waals surface area contributed by atoms with Gasteiger partial charge in [-0.1, -0.05) is 50.1 Å². The molecule has 4 N–H and O–H groups in total. The number of phenols is 1. The highest BCUT2D eigenvalue weighted by Crippen LogP contribution is 2.22. The van der Waals surface area contributed by atoms with Crippen LogP contribution in [-0.4, -0.2) is 41.6 Å². The van der Waals surface area contributed by atoms with Crippen LogP contribution in [0.15, 0.2) is 42.5 Å². The molecule has 0 aliphatic carbocycles. The number of unbranched alkanes of at least 4 members (excludes halogenated alkanes) is 3. The van der Waals surface area contributed by atoms with Gasteiger partial charge in [-0.05, 0) is 61.1 Å². The summed E-state index contributed by atoms with van der Waals surface area (Å²) in [6.45, 7) is 4.83. The number of aliphatic hydroxyl groups excluding tert-OH is 2. The molecule has 0 saturated carbocycles. The standard InChI is InChI=1S/C25H37NO4/c1-2-20-7-9-21(10-8-20)13-16-30-15-6-4-3-5-14-26-18-25(29)22-11-12-24(28)23(17-22)19-27/h7-12,17,25-29H,2-6,13-16,18-19H2,1H3. The lowest BCUT2D eigenvalue weighted by Gasteiger charge is -2.14. The molecular weight excluding hydrogens is 378 g/mol. The van der Waals surface area contributed by atoms with E-state index in [4.69, 9.17) is 4.74 Å². The minimum Gasteiger partial charge on any atom is -0.508 e. The third-order valence-corrected chi connectivity index (χ3v) is 5.35. The van der Waals surface area contributed by atoms with Crippen molar-refractivity contribution >= 4 is 0 Å². The maximum Gasteiger partial charge on any atom is 0.121 e. The van der Waals surface area contributed by atoms with Crippen LogP contribution in [0.3, 0.4) is 0 Å². The van der Waals surface area contributed by atoms with Crippen LogP contribution in [0.2, 0.25) is 0 Å². The fourth-order valence-corrected chi connectivity index (χ4v) is 3.34. The molecule has 5 nitrogen and oxygen atoms in total. The minimum atomic E-state index is -0.650. The van der Waals surface area contributed by atoms with E-state index in [1.807, 2.05) is 0 Å². The van der Waals surface area contributed by atoms with Crippen LogP contribution in [-0.2, 0) is 24.2 Å². The van der Waals surface area contributed by atoms with Gasteiger partial charge in [0, 0.05) is 18.7 Å². The fourth-order valence-electron chi connectivity index (χ4n) is 3.34. The molecule has 0 radical (unpaired) electrons. The molecule has 1 unspecified atom stereocenters. The van der Waals surface area contributed by atoms with Crippen molar-refractivity contribution in [2.75, 3.05) is 26.3 Å². The van der Waals surface area contributed by atoms with Crippen LogP contribution in [0.25, 0.3) is 0 Å². The molecule has 166 valence electrons. The zero-order valence-electron chi connectivity index (χ0n) is 18.1. The predicted molar refractivity (Wildman–Crippen MR) is 121 cm³/mol. The second-order valence-corrected chi connectivity index (χ2v) is 7.71. The summed E-state index contributed by atoms with van der Waals surface area (Å²) >= 11 is 0. The molecule has 2 aromatic carbocycles. The molecule has 30 heavy (non-hydrogen) atoms. The van der Waals surface area contributed by atoms with Crippen molar-refractivity contribution in [3.05, 3.63) is 64.7 Å². The van der Waals surface area contributed by atoms with Gasteiger partial charge in [-0.25, -0.2) is 0 Å². The quantitative estimate of drug-likeness (QED) is 0.332. The Morgan fingerprint density at radius 3 is 2.40 bits per heavy atom. The Labute approximate surface area is 180 Å². The van der Waals surface area contributed by atoms with Crippen molar-refractivity contribution in [2.24, 2.45) is 0 Å². The first kappa shape index (κ1) is 24.4. The third kappa shape index (κ3) is 8.84. The van der Waals surface area contributed by atoms with Crippen LogP contribution in [0, 0.1) is 0 Å². The Bertz CT molecular complexity index is 718. The van der Waals surface area contributed by atoms with Crippen molar-refractivity contribution in [1.82, 2.24) is 5.32 Å². The minimum absolute atomic E-state index is 0.0519. The lowest BCUT2D eigenvalue weighted by Crippen LogP contribution is -2.22. The lowest BCUT2D eigenvalue weighted by atomic mass is 10.1. The van der Waals surface area contributed by atoms with Gasteiger partial charge in [-0.15, -0.1) is 0 Å². The third-order valence-electron chi connectivity index (χ3n) is 5.35. The van der Waals surface area contributed by atoms with Gasteiger partial charge in [0.25, 0.3) is 0 Å². The van der Waals surface area contributed by atoms with E-state index >= 15 is 0 Å². The normalized spacial score (nSPS) is 12.2. The number of hydrogen-bond donors (Lipinski definition) is 4. The fraction of sp³-hybridized carbons (Fsp3) is 0.520. The van der Waals surface area contributed by atoms with Gasteiger partial charge >= 0.3 is 0 Å². The topological polar surface area (TPSA) is 82.0 Å². The molecule has 0 bridgehead atoms. The van der Waals surface area contributed by atoms with Gasteiger partial charge in [-0.2, -0.15) is 0 Å². The summed E-state index contributed by atoms with van der Waals surface area (Å²) < 4.78 is 5.75. The van der Waals surface area contributed by atoms with E-state index in [2.05, 4.69) is 36.5 Å². The molecule has 0 fully saturated rings. The number of nitrogens with one attached hydrogen (secondary N) is 1. The van der Waals surface area contributed by atoms with Gasteiger partial charge in [-0.3, -0.25) is 0 Å². The molecule has 0 saturated heterocycles. The van der Waals surface area contributed by atoms with Crippen molar-refractivity contribution in [1.29, 1.82) is 0 Å². The first-order valence-electron chi connectivity index (χ1n) is 11.1. The highest BCUT2D eigenvalue weighted by Gasteiger charge is 2.09. The van der Waals surface area contributed by atoms with Crippen molar-refractivity contribution in [2.45, 2.75) is 58.2 Å². The largest absolute Gasteiger partial charge is 0.508 e. The van der Waals surface area contributed by atoms with Gasteiger partial charge in [0.05, 0.1) is 19.3 Å². The maximum absolute atomic E-state index is 10.2. The SMILES string of the molecule is CCc1ccc(CCOCCCCCCNCC(O)c2ccc(O)c(CO)c2)cc1. The number of hydrogen-bond acceptors (Lipinski definition) is 5. The lowest BCUT2D eigenvalue weighted by molar-refractivity contribution is 0.133. The van der Waals surface area contributed by atoms with E-state index in [0.717, 1.165) is 58.3 Å². The summed E-state index contributed by atoms with van der Waals surface area (Å²) in [5, 5.41) is 32.3. The van der Waals surface area contributed by atoms with E-state index in [-0.39, 0.29) is 12.4 Å². The highest BCUT2D eigenvalue weighted by atomic mass is 16.5. The average molecular weight is 416 g/mol. The smallest absolute Gasteiger partial charge is 0.121 e. The van der Waals surface area contributed by atoms with Gasteiger partial charge in [0.1, 0.15) is 5.75 Å². The molecule has 1 atom stereocenters. The molecule has 0 spiro atoms. The summed E-state index contributed by atoms with van der Waals surface area (Å²) in [5.74, 6) is 0.0519. The Balaban J connectivity index is 1.44. The molecule has 0 aliphatic heterocycles. The van der Waals surface area contributed by atoms with Crippen LogP contribution in [0.1, 0.15) is 61.0 Å². The van der Waals surface area contributed by atoms with Crippen molar-refractivity contribution in [3.63, 3.8) is 0 Å². The molecule has 0 aliphatic rings. The van der Waals surface area contributed by atoms with Crippen LogP contribution >= 0.6 is 0 Å². The van der Waals surface area contributed by atoms with E-state index < -0.39 is 6.10 Å². The Morgan fingerprint density at radius 1 is 0.933 bits per heavy atom. The maximum atomic E-state index is 10.2. The van der Waals surface area contributed by atoms with Crippen molar-refractivity contribution < 1.29 is 20.1 Å². The molecule has 5 heteroatoms. The molecule has 0 aromatic heterocycles. The van der Waals surface area contributed by atoms with Crippen molar-refractivity contribution in [3.8, 4) is 5.75 Å². The number of rotatable bonds is 15. The Hall–Kier alpha value is -1.92. The Morgan fingerprint density at radius 2 is 1.67 bits per heavy atom. The zero-order chi connectivity index (χ0) is 21.6. The number of ether oxygens (including phenoxy) is 1. The average Bonchev–Trinajstić information content (AvgIpc) is 2.78. The van der Waals surface area contributed by atoms with Gasteiger partial charge < -0.3 is 25.4 Å². The summed E-state index contributed by atoms with van der Waals surface area (Å²) in [6, 6.07) is 13.6. The van der Waals surface area contributed by atoms with E-state index in [1.165, 1.54) is 17.2 Å². The van der Waals surface area contributed by atoms with Crippen LogP contribution < -0.4 is 5.32 Å². The van der Waals surface area contributed by atoms with E-state index in [9.17, 15) is 15.3 Å². The number of aliphatic hydroxyl groups is 2. The molecule has 0 amide bonds. The summed E-state index contributed by atoms with van der Waals surface area (Å²) in [5.41, 5.74) is 3.84. The van der Waals surface area contributed by atoms with Crippen LogP contribution in [0.4, 0.5) is 0 Å². The monoisotopic (exact) mass is 415 g/mol. The van der Waals surface area contributed by atoms with E-state index in [0.29, 0.717) is 17.7 Å². The number of benzene rings is 2. The summed E-state index contributed by atoms with van der Waals surface area (Å²) in [4.78, 5) is 0. The molecule has 0 heterocycles. The zero-order valence-corrected chi connectivity index (χ0v) is 18.1. The predicted octanol–water partition coefficient (Wildman–Crippen LogP) is 3.89. The first-order valence-corrected chi connectivity index (χ1v) is 11.1. The first-order chi connectivity index (χ1) is 14.6. The number of aromatic hydroxyl groups is 1. The van der Waals surface area contributed by atoms with Crippen LogP contribution in [0.5, 0.6) is 5.75 Å². The highest BCUT2D eigenvalue weighted by molar-refractivity contribution is 5.36. The molecular formula is C25H37NO4. The molecule has 2 aromatic rings. The second kappa shape index (κ2) is 14.1. The van der Waals surface area contributed by atoms with Gasteiger partial charge in [0.2, 0.25) is 0 Å². The summed E-state index contributed by atoms with van der Waals surface area (Å²) in [7, 11) is 0.